The summed E-state index contributed by atoms with van der Waals surface area (Å²) in [6.07, 6.45) is 3.09. The summed E-state index contributed by atoms with van der Waals surface area (Å²) in [6.45, 7) is 1.51. The lowest BCUT2D eigenvalue weighted by molar-refractivity contribution is 0.0691. The van der Waals surface area contributed by atoms with Crippen molar-refractivity contribution in [1.29, 1.82) is 0 Å². The largest absolute Gasteiger partial charge is 0.478 e. The van der Waals surface area contributed by atoms with E-state index in [-0.39, 0.29) is 11.1 Å². The van der Waals surface area contributed by atoms with Crippen LogP contribution in [0.3, 0.4) is 0 Å². The summed E-state index contributed by atoms with van der Waals surface area (Å²) in [5, 5.41) is 8.88. The van der Waals surface area contributed by atoms with Crippen LogP contribution in [0.15, 0.2) is 30.6 Å². The van der Waals surface area contributed by atoms with Gasteiger partial charge in [-0.1, -0.05) is 0 Å². The van der Waals surface area contributed by atoms with Crippen molar-refractivity contribution in [2.45, 2.75) is 6.92 Å². The van der Waals surface area contributed by atoms with Crippen LogP contribution in [-0.4, -0.2) is 21.0 Å². The van der Waals surface area contributed by atoms with Crippen LogP contribution < -0.4 is 0 Å². The summed E-state index contributed by atoms with van der Waals surface area (Å²) >= 11 is 0. The molecule has 1 aromatic carbocycles. The molecule has 0 spiro atoms. The number of aryl methyl sites for hydroxylation is 1. The molecule has 0 fully saturated rings. The van der Waals surface area contributed by atoms with Crippen molar-refractivity contribution >= 4 is 5.97 Å². The van der Waals surface area contributed by atoms with E-state index in [0.29, 0.717) is 11.4 Å². The number of aromatic carboxylic acids is 1. The normalized spacial score (nSPS) is 10.2. The fourth-order valence-electron chi connectivity index (χ4n) is 1.50. The summed E-state index contributed by atoms with van der Waals surface area (Å²) in [5.74, 6) is -1.65. The Kier molecular flexibility index (Phi) is 2.82. The molecule has 86 valence electrons. The van der Waals surface area contributed by atoms with E-state index in [0.717, 1.165) is 0 Å². The standard InChI is InChI=1S/C12H9FN2O2/c1-7-5-8(11-14-3-2-4-15-11)6-9(10(7)13)12(16)17/h2-6H,1H3,(H,16,17). The van der Waals surface area contributed by atoms with Crippen LogP contribution in [0.1, 0.15) is 15.9 Å². The number of halogens is 1. The quantitative estimate of drug-likeness (QED) is 0.862. The van der Waals surface area contributed by atoms with Crippen LogP contribution >= 0.6 is 0 Å². The SMILES string of the molecule is Cc1cc(-c2ncccn2)cc(C(=O)O)c1F. The van der Waals surface area contributed by atoms with Crippen LogP contribution in [0.5, 0.6) is 0 Å². The summed E-state index contributed by atoms with van der Waals surface area (Å²) in [7, 11) is 0. The van der Waals surface area contributed by atoms with Gasteiger partial charge in [0.15, 0.2) is 5.82 Å². The first-order chi connectivity index (χ1) is 8.09. The van der Waals surface area contributed by atoms with Crippen molar-refractivity contribution in [1.82, 2.24) is 9.97 Å². The number of hydrogen-bond donors (Lipinski definition) is 1. The van der Waals surface area contributed by atoms with E-state index < -0.39 is 11.8 Å². The van der Waals surface area contributed by atoms with Crippen molar-refractivity contribution < 1.29 is 14.3 Å². The van der Waals surface area contributed by atoms with Crippen LogP contribution in [-0.2, 0) is 0 Å². The smallest absolute Gasteiger partial charge is 0.338 e. The molecule has 0 saturated carbocycles. The molecule has 1 aromatic heterocycles. The Labute approximate surface area is 96.8 Å². The third-order valence-electron chi connectivity index (χ3n) is 2.31. The van der Waals surface area contributed by atoms with Crippen molar-refractivity contribution in [3.63, 3.8) is 0 Å². The summed E-state index contributed by atoms with van der Waals surface area (Å²) in [5.41, 5.74) is 0.377. The first kappa shape index (κ1) is 11.2. The maximum absolute atomic E-state index is 13.5. The molecule has 0 atom stereocenters. The fourth-order valence-corrected chi connectivity index (χ4v) is 1.50. The molecule has 0 aliphatic carbocycles. The van der Waals surface area contributed by atoms with Gasteiger partial charge in [0.2, 0.25) is 0 Å². The summed E-state index contributed by atoms with van der Waals surface area (Å²) < 4.78 is 13.5. The molecule has 0 aliphatic heterocycles. The number of rotatable bonds is 2. The zero-order valence-corrected chi connectivity index (χ0v) is 9.01. The predicted molar refractivity (Wildman–Crippen MR) is 59.1 cm³/mol. The molecule has 2 aromatic rings. The number of carboxylic acids is 1. The van der Waals surface area contributed by atoms with Crippen molar-refractivity contribution in [2.24, 2.45) is 0 Å². The van der Waals surface area contributed by atoms with Crippen LogP contribution in [0, 0.1) is 12.7 Å². The van der Waals surface area contributed by atoms with Gasteiger partial charge < -0.3 is 5.11 Å². The molecule has 4 nitrogen and oxygen atoms in total. The number of benzene rings is 1. The zero-order valence-electron chi connectivity index (χ0n) is 9.01. The second-order valence-electron chi connectivity index (χ2n) is 3.53. The Bertz CT molecular complexity index is 570. The molecule has 1 heterocycles. The lowest BCUT2D eigenvalue weighted by atomic mass is 10.0. The Morgan fingerprint density at radius 1 is 1.29 bits per heavy atom. The highest BCUT2D eigenvalue weighted by Gasteiger charge is 2.15. The number of aromatic nitrogens is 2. The highest BCUT2D eigenvalue weighted by Crippen LogP contribution is 2.21. The monoisotopic (exact) mass is 232 g/mol. The Balaban J connectivity index is 2.61. The van der Waals surface area contributed by atoms with Crippen molar-refractivity contribution in [2.75, 3.05) is 0 Å². The third kappa shape index (κ3) is 2.13. The number of carboxylic acid groups (broad SMARTS) is 1. The van der Waals surface area contributed by atoms with E-state index in [1.54, 1.807) is 18.5 Å². The van der Waals surface area contributed by atoms with E-state index in [2.05, 4.69) is 9.97 Å². The second-order valence-corrected chi connectivity index (χ2v) is 3.53. The van der Waals surface area contributed by atoms with Gasteiger partial charge in [-0.2, -0.15) is 0 Å². The lowest BCUT2D eigenvalue weighted by Crippen LogP contribution is -2.03. The summed E-state index contributed by atoms with van der Waals surface area (Å²) in [6, 6.07) is 4.41. The predicted octanol–water partition coefficient (Wildman–Crippen LogP) is 2.29. The van der Waals surface area contributed by atoms with E-state index in [1.807, 2.05) is 0 Å². The maximum Gasteiger partial charge on any atom is 0.338 e. The van der Waals surface area contributed by atoms with Gasteiger partial charge in [0, 0.05) is 18.0 Å². The Hall–Kier alpha value is -2.30. The van der Waals surface area contributed by atoms with Crippen LogP contribution in [0.4, 0.5) is 4.39 Å². The highest BCUT2D eigenvalue weighted by molar-refractivity contribution is 5.89. The van der Waals surface area contributed by atoms with Crippen molar-refractivity contribution in [3.05, 3.63) is 47.5 Å². The maximum atomic E-state index is 13.5. The molecule has 0 amide bonds. The fraction of sp³-hybridized carbons (Fsp3) is 0.0833. The van der Waals surface area contributed by atoms with Gasteiger partial charge in [0.05, 0.1) is 5.56 Å². The molecule has 0 unspecified atom stereocenters. The van der Waals surface area contributed by atoms with E-state index in [1.165, 1.54) is 19.1 Å². The molecule has 1 N–H and O–H groups in total. The average Bonchev–Trinajstić information content (AvgIpc) is 2.33. The first-order valence-corrected chi connectivity index (χ1v) is 4.90. The van der Waals surface area contributed by atoms with Gasteiger partial charge in [-0.3, -0.25) is 0 Å². The molecule has 0 aliphatic rings. The van der Waals surface area contributed by atoms with Crippen LogP contribution in [0.2, 0.25) is 0 Å². The average molecular weight is 232 g/mol. The second kappa shape index (κ2) is 4.29. The van der Waals surface area contributed by atoms with Crippen molar-refractivity contribution in [3.8, 4) is 11.4 Å². The first-order valence-electron chi connectivity index (χ1n) is 4.90. The minimum Gasteiger partial charge on any atom is -0.478 e. The Morgan fingerprint density at radius 3 is 2.53 bits per heavy atom. The molecule has 17 heavy (non-hydrogen) atoms. The van der Waals surface area contributed by atoms with Gasteiger partial charge in [-0.15, -0.1) is 0 Å². The van der Waals surface area contributed by atoms with Gasteiger partial charge in [-0.25, -0.2) is 19.2 Å². The van der Waals surface area contributed by atoms with Gasteiger partial charge >= 0.3 is 5.97 Å². The third-order valence-corrected chi connectivity index (χ3v) is 2.31. The van der Waals surface area contributed by atoms with Gasteiger partial charge in [0.1, 0.15) is 5.82 Å². The zero-order chi connectivity index (χ0) is 12.4. The van der Waals surface area contributed by atoms with E-state index >= 15 is 0 Å². The molecule has 5 heteroatoms. The molecule has 0 bridgehead atoms. The van der Waals surface area contributed by atoms with E-state index in [9.17, 15) is 9.18 Å². The highest BCUT2D eigenvalue weighted by atomic mass is 19.1. The molecule has 2 rings (SSSR count). The van der Waals surface area contributed by atoms with Gasteiger partial charge in [-0.05, 0) is 30.7 Å². The number of hydrogen-bond acceptors (Lipinski definition) is 3. The van der Waals surface area contributed by atoms with E-state index in [4.69, 9.17) is 5.11 Å². The van der Waals surface area contributed by atoms with Crippen LogP contribution in [0.25, 0.3) is 11.4 Å². The molecular weight excluding hydrogens is 223 g/mol. The molecule has 0 radical (unpaired) electrons. The minimum absolute atomic E-state index is 0.257. The Morgan fingerprint density at radius 2 is 1.94 bits per heavy atom. The van der Waals surface area contributed by atoms with Gasteiger partial charge in [0.25, 0.3) is 0 Å². The molecular formula is C12H9FN2O2. The summed E-state index contributed by atoms with van der Waals surface area (Å²) in [4.78, 5) is 18.9. The lowest BCUT2D eigenvalue weighted by Gasteiger charge is -2.05. The number of carbonyl (C=O) groups is 1. The topological polar surface area (TPSA) is 63.1 Å². The minimum atomic E-state index is -1.30. The molecule has 0 saturated heterocycles. The number of nitrogens with zero attached hydrogens (tertiary/aromatic N) is 2.